The molecule has 174 valence electrons. The van der Waals surface area contributed by atoms with Crippen LogP contribution in [0.15, 0.2) is 78.0 Å². The number of thioether (sulfide) groups is 1. The zero-order valence-corrected chi connectivity index (χ0v) is 19.9. The zero-order chi connectivity index (χ0) is 23.8. The number of amides is 1. The summed E-state index contributed by atoms with van der Waals surface area (Å²) in [4.78, 5) is 21.8. The highest BCUT2D eigenvalue weighted by molar-refractivity contribution is 7.99. The van der Waals surface area contributed by atoms with Crippen molar-refractivity contribution in [3.63, 3.8) is 0 Å². The molecule has 0 aliphatic carbocycles. The maximum atomic E-state index is 12.5. The molecule has 2 N–H and O–H groups in total. The molecule has 0 saturated heterocycles. The number of hydrogen-bond acceptors (Lipinski definition) is 7. The standard InChI is InChI=1S/C26H26N4O3S/c1-3-33-21-14-10-19(11-15-21)28-24(31)17-34-26-29-23-7-5-4-6-22(23)25(30-26)27-16-18-8-12-20(32-2)13-9-18/h4-15H,3,16-17H2,1-2H3,(H,28,31)(H,27,29,30). The Labute approximate surface area is 202 Å². The summed E-state index contributed by atoms with van der Waals surface area (Å²) in [6.07, 6.45) is 0. The second kappa shape index (κ2) is 11.4. The van der Waals surface area contributed by atoms with Crippen molar-refractivity contribution in [1.29, 1.82) is 0 Å². The fraction of sp³-hybridized carbons (Fsp3) is 0.192. The highest BCUT2D eigenvalue weighted by Crippen LogP contribution is 2.25. The first-order valence-corrected chi connectivity index (χ1v) is 11.9. The lowest BCUT2D eigenvalue weighted by molar-refractivity contribution is -0.113. The number of nitrogens with one attached hydrogen (secondary N) is 2. The predicted octanol–water partition coefficient (Wildman–Crippen LogP) is 5.38. The van der Waals surface area contributed by atoms with Crippen molar-refractivity contribution in [1.82, 2.24) is 9.97 Å². The molecule has 1 amide bonds. The van der Waals surface area contributed by atoms with Gasteiger partial charge in [0.2, 0.25) is 5.91 Å². The van der Waals surface area contributed by atoms with E-state index in [9.17, 15) is 4.79 Å². The monoisotopic (exact) mass is 474 g/mol. The van der Waals surface area contributed by atoms with Gasteiger partial charge in [-0.3, -0.25) is 4.79 Å². The van der Waals surface area contributed by atoms with Crippen LogP contribution < -0.4 is 20.1 Å². The topological polar surface area (TPSA) is 85.4 Å². The Kier molecular flexibility index (Phi) is 7.83. The van der Waals surface area contributed by atoms with Gasteiger partial charge < -0.3 is 20.1 Å². The average molecular weight is 475 g/mol. The molecule has 0 aliphatic heterocycles. The van der Waals surface area contributed by atoms with E-state index >= 15 is 0 Å². The van der Waals surface area contributed by atoms with Crippen LogP contribution in [0.4, 0.5) is 11.5 Å². The lowest BCUT2D eigenvalue weighted by Gasteiger charge is -2.11. The van der Waals surface area contributed by atoms with Crippen LogP contribution in [0, 0.1) is 0 Å². The van der Waals surface area contributed by atoms with Crippen molar-refractivity contribution in [2.75, 3.05) is 30.1 Å². The van der Waals surface area contributed by atoms with Gasteiger partial charge >= 0.3 is 0 Å². The van der Waals surface area contributed by atoms with Gasteiger partial charge in [-0.25, -0.2) is 9.97 Å². The molecule has 7 nitrogen and oxygen atoms in total. The number of benzene rings is 3. The molecule has 8 heteroatoms. The summed E-state index contributed by atoms with van der Waals surface area (Å²) in [6.45, 7) is 3.14. The Hall–Kier alpha value is -3.78. The van der Waals surface area contributed by atoms with Crippen molar-refractivity contribution in [2.24, 2.45) is 0 Å². The third-order valence-corrected chi connectivity index (χ3v) is 5.83. The first kappa shape index (κ1) is 23.4. The van der Waals surface area contributed by atoms with E-state index in [1.165, 1.54) is 11.8 Å². The number of nitrogens with zero attached hydrogens (tertiary/aromatic N) is 2. The van der Waals surface area contributed by atoms with Crippen LogP contribution in [0.1, 0.15) is 12.5 Å². The van der Waals surface area contributed by atoms with E-state index in [0.717, 1.165) is 39.5 Å². The highest BCUT2D eigenvalue weighted by atomic mass is 32.2. The molecule has 0 spiro atoms. The minimum absolute atomic E-state index is 0.126. The third-order valence-electron chi connectivity index (χ3n) is 4.98. The summed E-state index contributed by atoms with van der Waals surface area (Å²) in [5.41, 5.74) is 2.65. The normalized spacial score (nSPS) is 10.6. The molecule has 1 heterocycles. The van der Waals surface area contributed by atoms with Gasteiger partial charge in [0.1, 0.15) is 17.3 Å². The summed E-state index contributed by atoms with van der Waals surface area (Å²) in [5, 5.41) is 7.77. The summed E-state index contributed by atoms with van der Waals surface area (Å²) in [7, 11) is 1.65. The summed E-state index contributed by atoms with van der Waals surface area (Å²) in [6, 6.07) is 23.0. The minimum atomic E-state index is -0.126. The molecule has 0 saturated carbocycles. The van der Waals surface area contributed by atoms with E-state index < -0.39 is 0 Å². The van der Waals surface area contributed by atoms with E-state index in [1.807, 2.05) is 79.7 Å². The summed E-state index contributed by atoms with van der Waals surface area (Å²) >= 11 is 1.30. The van der Waals surface area contributed by atoms with Gasteiger partial charge in [0.25, 0.3) is 0 Å². The Morgan fingerprint density at radius 1 is 0.941 bits per heavy atom. The minimum Gasteiger partial charge on any atom is -0.497 e. The average Bonchev–Trinajstić information content (AvgIpc) is 2.87. The number of aromatic nitrogens is 2. The predicted molar refractivity (Wildman–Crippen MR) is 137 cm³/mol. The maximum absolute atomic E-state index is 12.5. The number of para-hydroxylation sites is 1. The number of anilines is 2. The molecular formula is C26H26N4O3S. The van der Waals surface area contributed by atoms with Gasteiger partial charge in [0.05, 0.1) is 25.0 Å². The fourth-order valence-electron chi connectivity index (χ4n) is 3.31. The molecule has 0 fully saturated rings. The van der Waals surface area contributed by atoms with Gasteiger partial charge in [0.15, 0.2) is 5.16 Å². The van der Waals surface area contributed by atoms with Gasteiger partial charge in [0, 0.05) is 17.6 Å². The van der Waals surface area contributed by atoms with E-state index in [-0.39, 0.29) is 11.7 Å². The van der Waals surface area contributed by atoms with Gasteiger partial charge in [-0.2, -0.15) is 0 Å². The number of rotatable bonds is 10. The first-order valence-electron chi connectivity index (χ1n) is 10.9. The van der Waals surface area contributed by atoms with Crippen LogP contribution >= 0.6 is 11.8 Å². The number of carbonyl (C=O) groups is 1. The lowest BCUT2D eigenvalue weighted by atomic mass is 10.2. The molecule has 0 bridgehead atoms. The van der Waals surface area contributed by atoms with Crippen LogP contribution in [0.5, 0.6) is 11.5 Å². The van der Waals surface area contributed by atoms with Crippen LogP contribution in [0.3, 0.4) is 0 Å². The third kappa shape index (κ3) is 6.17. The molecular weight excluding hydrogens is 448 g/mol. The maximum Gasteiger partial charge on any atom is 0.234 e. The van der Waals surface area contributed by atoms with Gasteiger partial charge in [-0.15, -0.1) is 0 Å². The Morgan fingerprint density at radius 2 is 1.68 bits per heavy atom. The van der Waals surface area contributed by atoms with E-state index in [1.54, 1.807) is 7.11 Å². The lowest BCUT2D eigenvalue weighted by Crippen LogP contribution is -2.14. The molecule has 3 aromatic carbocycles. The fourth-order valence-corrected chi connectivity index (χ4v) is 3.96. The largest absolute Gasteiger partial charge is 0.497 e. The molecule has 34 heavy (non-hydrogen) atoms. The van der Waals surface area contributed by atoms with Crippen molar-refractivity contribution in [3.05, 3.63) is 78.4 Å². The van der Waals surface area contributed by atoms with Crippen LogP contribution in [0.25, 0.3) is 10.9 Å². The van der Waals surface area contributed by atoms with Crippen molar-refractivity contribution in [2.45, 2.75) is 18.6 Å². The SMILES string of the molecule is CCOc1ccc(NC(=O)CSc2nc(NCc3ccc(OC)cc3)c3ccccc3n2)cc1. The van der Waals surface area contributed by atoms with Crippen LogP contribution in [-0.4, -0.2) is 35.3 Å². The molecule has 4 rings (SSSR count). The van der Waals surface area contributed by atoms with Gasteiger partial charge in [-0.05, 0) is 61.0 Å². The molecule has 4 aromatic rings. The number of ether oxygens (including phenoxy) is 2. The molecule has 0 radical (unpaired) electrons. The number of carbonyl (C=O) groups excluding carboxylic acids is 1. The van der Waals surface area contributed by atoms with Crippen molar-refractivity contribution < 1.29 is 14.3 Å². The molecule has 0 aliphatic rings. The number of hydrogen-bond donors (Lipinski definition) is 2. The summed E-state index contributed by atoms with van der Waals surface area (Å²) < 4.78 is 10.7. The van der Waals surface area contributed by atoms with E-state index in [4.69, 9.17) is 9.47 Å². The van der Waals surface area contributed by atoms with E-state index in [2.05, 4.69) is 20.6 Å². The second-order valence-electron chi connectivity index (χ2n) is 7.37. The van der Waals surface area contributed by atoms with Crippen molar-refractivity contribution in [3.8, 4) is 11.5 Å². The van der Waals surface area contributed by atoms with Gasteiger partial charge in [-0.1, -0.05) is 36.0 Å². The first-order chi connectivity index (χ1) is 16.6. The quantitative estimate of drug-likeness (QED) is 0.236. The summed E-state index contributed by atoms with van der Waals surface area (Å²) in [5.74, 6) is 2.39. The Morgan fingerprint density at radius 3 is 2.41 bits per heavy atom. The van der Waals surface area contributed by atoms with Crippen molar-refractivity contribution >= 4 is 40.1 Å². The van der Waals surface area contributed by atoms with Crippen LogP contribution in [0.2, 0.25) is 0 Å². The zero-order valence-electron chi connectivity index (χ0n) is 19.1. The molecule has 0 atom stereocenters. The van der Waals surface area contributed by atoms with Crippen LogP contribution in [-0.2, 0) is 11.3 Å². The molecule has 0 unspecified atom stereocenters. The Bertz CT molecular complexity index is 1250. The number of methoxy groups -OCH3 is 1. The Balaban J connectivity index is 1.42. The molecule has 1 aromatic heterocycles. The second-order valence-corrected chi connectivity index (χ2v) is 8.31. The number of fused-ring (bicyclic) bond motifs is 1. The highest BCUT2D eigenvalue weighted by Gasteiger charge is 2.11. The smallest absolute Gasteiger partial charge is 0.234 e. The van der Waals surface area contributed by atoms with E-state index in [0.29, 0.717) is 18.3 Å².